The molecule has 0 unspecified atom stereocenters. The van der Waals surface area contributed by atoms with E-state index in [1.807, 2.05) is 12.1 Å². The minimum absolute atomic E-state index is 0.178. The lowest BCUT2D eigenvalue weighted by Crippen LogP contribution is -2.23. The maximum Gasteiger partial charge on any atom is 0.0453 e. The van der Waals surface area contributed by atoms with Gasteiger partial charge in [-0.15, -0.1) is 0 Å². The van der Waals surface area contributed by atoms with Crippen LogP contribution in [0.15, 0.2) is 18.2 Å². The van der Waals surface area contributed by atoms with Crippen LogP contribution in [0.2, 0.25) is 10.0 Å². The molecule has 0 fully saturated rings. The summed E-state index contributed by atoms with van der Waals surface area (Å²) in [4.78, 5) is 0. The van der Waals surface area contributed by atoms with Crippen molar-refractivity contribution in [2.45, 2.75) is 13.3 Å². The Bertz CT molecular complexity index is 335. The Morgan fingerprint density at radius 2 is 1.80 bits per heavy atom. The summed E-state index contributed by atoms with van der Waals surface area (Å²) < 4.78 is 0. The third-order valence-electron chi connectivity index (χ3n) is 2.28. The third kappa shape index (κ3) is 3.92. The number of benzene rings is 1. The molecular formula is C11H12Br2Cl2. The van der Waals surface area contributed by atoms with Gasteiger partial charge in [0, 0.05) is 20.7 Å². The van der Waals surface area contributed by atoms with Gasteiger partial charge in [-0.3, -0.25) is 0 Å². The zero-order valence-electron chi connectivity index (χ0n) is 8.37. The predicted octanol–water partition coefficient (Wildman–Crippen LogP) is 5.33. The van der Waals surface area contributed by atoms with Gasteiger partial charge in [0.2, 0.25) is 0 Å². The minimum atomic E-state index is 0.178. The highest BCUT2D eigenvalue weighted by atomic mass is 79.9. The van der Waals surface area contributed by atoms with Crippen molar-refractivity contribution < 1.29 is 0 Å². The van der Waals surface area contributed by atoms with E-state index < -0.39 is 0 Å². The fourth-order valence-corrected chi connectivity index (χ4v) is 3.06. The zero-order valence-corrected chi connectivity index (χ0v) is 13.0. The van der Waals surface area contributed by atoms with Gasteiger partial charge in [0.15, 0.2) is 0 Å². The first kappa shape index (κ1) is 13.8. The molecular weight excluding hydrogens is 363 g/mol. The van der Waals surface area contributed by atoms with Crippen LogP contribution in [0.5, 0.6) is 0 Å². The molecule has 0 nitrogen and oxygen atoms in total. The topological polar surface area (TPSA) is 0 Å². The lowest BCUT2D eigenvalue weighted by molar-refractivity contribution is 0.439. The van der Waals surface area contributed by atoms with E-state index in [4.69, 9.17) is 23.2 Å². The molecule has 84 valence electrons. The van der Waals surface area contributed by atoms with E-state index in [2.05, 4.69) is 38.8 Å². The molecule has 1 rings (SSSR count). The molecule has 1 aromatic carbocycles. The highest BCUT2D eigenvalue weighted by Gasteiger charge is 2.23. The molecule has 0 spiro atoms. The fourth-order valence-electron chi connectivity index (χ4n) is 1.26. The molecule has 4 heteroatoms. The second kappa shape index (κ2) is 5.90. The lowest BCUT2D eigenvalue weighted by atomic mass is 9.88. The van der Waals surface area contributed by atoms with E-state index in [0.717, 1.165) is 27.7 Å². The Hall–Kier alpha value is 0.760. The number of alkyl halides is 2. The largest absolute Gasteiger partial charge is 0.0922 e. The molecule has 0 aromatic heterocycles. The van der Waals surface area contributed by atoms with Gasteiger partial charge >= 0.3 is 0 Å². The molecule has 1 aromatic rings. The normalized spacial score (nSPS) is 11.8. The van der Waals surface area contributed by atoms with E-state index in [0.29, 0.717) is 5.02 Å². The average molecular weight is 375 g/mol. The average Bonchev–Trinajstić information content (AvgIpc) is 2.22. The van der Waals surface area contributed by atoms with Crippen LogP contribution in [0, 0.1) is 5.41 Å². The van der Waals surface area contributed by atoms with Gasteiger partial charge in [-0.1, -0.05) is 68.1 Å². The summed E-state index contributed by atoms with van der Waals surface area (Å²) >= 11 is 19.0. The summed E-state index contributed by atoms with van der Waals surface area (Å²) in [6, 6.07) is 5.67. The summed E-state index contributed by atoms with van der Waals surface area (Å²) in [6.07, 6.45) is 0.930. The molecule has 0 aliphatic carbocycles. The molecule has 0 bridgehead atoms. The summed E-state index contributed by atoms with van der Waals surface area (Å²) in [5.41, 5.74) is 1.32. The highest BCUT2D eigenvalue weighted by molar-refractivity contribution is 9.09. The molecule has 0 N–H and O–H groups in total. The Balaban J connectivity index is 2.89. The van der Waals surface area contributed by atoms with Crippen LogP contribution in [0.4, 0.5) is 0 Å². The first-order chi connectivity index (χ1) is 7.00. The van der Waals surface area contributed by atoms with E-state index in [1.54, 1.807) is 6.07 Å². The molecule has 15 heavy (non-hydrogen) atoms. The van der Waals surface area contributed by atoms with Crippen molar-refractivity contribution in [3.05, 3.63) is 33.8 Å². The Morgan fingerprint density at radius 1 is 1.20 bits per heavy atom. The van der Waals surface area contributed by atoms with Crippen LogP contribution < -0.4 is 0 Å². The molecule has 0 amide bonds. The van der Waals surface area contributed by atoms with E-state index in [9.17, 15) is 0 Å². The van der Waals surface area contributed by atoms with Crippen LogP contribution in [0.1, 0.15) is 12.5 Å². The zero-order chi connectivity index (χ0) is 11.5. The summed E-state index contributed by atoms with van der Waals surface area (Å²) in [5, 5.41) is 3.30. The van der Waals surface area contributed by atoms with Gasteiger partial charge < -0.3 is 0 Å². The molecule has 0 aliphatic rings. The third-order valence-corrected chi connectivity index (χ3v) is 5.57. The highest BCUT2D eigenvalue weighted by Crippen LogP contribution is 2.31. The van der Waals surface area contributed by atoms with E-state index in [-0.39, 0.29) is 5.41 Å². The number of rotatable bonds is 4. The van der Waals surface area contributed by atoms with Crippen molar-refractivity contribution in [2.75, 3.05) is 10.7 Å². The van der Waals surface area contributed by atoms with Crippen LogP contribution >= 0.6 is 55.1 Å². The number of hydrogen-bond donors (Lipinski definition) is 0. The monoisotopic (exact) mass is 372 g/mol. The Morgan fingerprint density at radius 3 is 2.27 bits per heavy atom. The van der Waals surface area contributed by atoms with Crippen LogP contribution in [-0.4, -0.2) is 10.7 Å². The smallest absolute Gasteiger partial charge is 0.0453 e. The van der Waals surface area contributed by atoms with Crippen LogP contribution in [0.25, 0.3) is 0 Å². The summed E-state index contributed by atoms with van der Waals surface area (Å²) in [6.45, 7) is 2.21. The first-order valence-corrected chi connectivity index (χ1v) is 7.56. The van der Waals surface area contributed by atoms with E-state index in [1.165, 1.54) is 0 Å². The quantitative estimate of drug-likeness (QED) is 0.624. The Labute approximate surface area is 118 Å². The van der Waals surface area contributed by atoms with Crippen molar-refractivity contribution in [3.8, 4) is 0 Å². The Kier molecular flexibility index (Phi) is 5.44. The predicted molar refractivity (Wildman–Crippen MR) is 75.9 cm³/mol. The van der Waals surface area contributed by atoms with E-state index >= 15 is 0 Å². The van der Waals surface area contributed by atoms with Gasteiger partial charge in [0.25, 0.3) is 0 Å². The molecule has 0 radical (unpaired) electrons. The van der Waals surface area contributed by atoms with Crippen molar-refractivity contribution in [3.63, 3.8) is 0 Å². The fraction of sp³-hybridized carbons (Fsp3) is 0.455. The molecule has 0 aliphatic heterocycles. The number of halogens is 4. The van der Waals surface area contributed by atoms with Gasteiger partial charge in [0.05, 0.1) is 0 Å². The maximum atomic E-state index is 6.13. The first-order valence-electron chi connectivity index (χ1n) is 4.56. The van der Waals surface area contributed by atoms with Crippen molar-refractivity contribution in [1.29, 1.82) is 0 Å². The van der Waals surface area contributed by atoms with Gasteiger partial charge in [-0.05, 0) is 29.5 Å². The molecule has 0 atom stereocenters. The van der Waals surface area contributed by atoms with Crippen molar-refractivity contribution in [2.24, 2.45) is 5.41 Å². The second-order valence-corrected chi connectivity index (χ2v) is 5.96. The van der Waals surface area contributed by atoms with Gasteiger partial charge in [0.1, 0.15) is 0 Å². The minimum Gasteiger partial charge on any atom is -0.0922 e. The SMILES string of the molecule is CC(CBr)(CBr)Cc1ccc(Cl)cc1Cl. The standard InChI is InChI=1S/C11H12Br2Cl2/c1-11(6-12,7-13)5-8-2-3-9(14)4-10(8)15/h2-4H,5-7H2,1H3. The summed E-state index contributed by atoms with van der Waals surface area (Å²) in [7, 11) is 0. The van der Waals surface area contributed by atoms with Crippen LogP contribution in [-0.2, 0) is 6.42 Å². The lowest BCUT2D eigenvalue weighted by Gasteiger charge is -2.25. The van der Waals surface area contributed by atoms with Crippen LogP contribution in [0.3, 0.4) is 0 Å². The second-order valence-electron chi connectivity index (χ2n) is 3.99. The van der Waals surface area contributed by atoms with Crippen molar-refractivity contribution in [1.82, 2.24) is 0 Å². The number of hydrogen-bond acceptors (Lipinski definition) is 0. The molecule has 0 saturated carbocycles. The molecule has 0 heterocycles. The van der Waals surface area contributed by atoms with Crippen molar-refractivity contribution >= 4 is 55.1 Å². The van der Waals surface area contributed by atoms with Gasteiger partial charge in [-0.25, -0.2) is 0 Å². The van der Waals surface area contributed by atoms with Gasteiger partial charge in [-0.2, -0.15) is 0 Å². The molecule has 0 saturated heterocycles. The summed E-state index contributed by atoms with van der Waals surface area (Å²) in [5.74, 6) is 0. The maximum absolute atomic E-state index is 6.13.